The zero-order chi connectivity index (χ0) is 10.3. The number of terminal acetylenes is 1. The second-order valence-electron chi connectivity index (χ2n) is 4.16. The molecular weight excluding hydrogens is 162 g/mol. The molecule has 0 saturated heterocycles. The van der Waals surface area contributed by atoms with Crippen LogP contribution in [0, 0.1) is 18.3 Å². The molecule has 0 aromatic rings. The summed E-state index contributed by atoms with van der Waals surface area (Å²) in [4.78, 5) is 0. The summed E-state index contributed by atoms with van der Waals surface area (Å²) >= 11 is 0. The van der Waals surface area contributed by atoms with Gasteiger partial charge in [-0.3, -0.25) is 5.32 Å². The molecule has 2 nitrogen and oxygen atoms in total. The first-order valence-electron chi connectivity index (χ1n) is 4.78. The highest BCUT2D eigenvalue weighted by atomic mass is 16.5. The highest BCUT2D eigenvalue weighted by Crippen LogP contribution is 1.97. The Kier molecular flexibility index (Phi) is 5.77. The lowest BCUT2D eigenvalue weighted by molar-refractivity contribution is 0.109. The molecule has 0 saturated carbocycles. The van der Waals surface area contributed by atoms with Gasteiger partial charge in [-0.2, -0.15) is 0 Å². The van der Waals surface area contributed by atoms with Gasteiger partial charge in [-0.15, -0.1) is 6.42 Å². The first-order chi connectivity index (χ1) is 5.98. The van der Waals surface area contributed by atoms with Gasteiger partial charge in [0.05, 0.1) is 12.1 Å². The number of hydrogen-bond donors (Lipinski definition) is 1. The van der Waals surface area contributed by atoms with Crippen LogP contribution in [0.15, 0.2) is 0 Å². The second-order valence-corrected chi connectivity index (χ2v) is 4.16. The number of rotatable bonds is 6. The van der Waals surface area contributed by atoms with E-state index in [1.807, 2.05) is 13.8 Å². The molecule has 0 aliphatic heterocycles. The Bertz CT molecular complexity index is 167. The van der Waals surface area contributed by atoms with Crippen molar-refractivity contribution in [3.63, 3.8) is 0 Å². The van der Waals surface area contributed by atoms with Gasteiger partial charge in [0.2, 0.25) is 0 Å². The molecule has 0 rings (SSSR count). The number of ether oxygens (including phenoxy) is 1. The minimum absolute atomic E-state index is 0.221. The summed E-state index contributed by atoms with van der Waals surface area (Å²) < 4.78 is 5.40. The lowest BCUT2D eigenvalue weighted by atomic mass is 10.1. The van der Waals surface area contributed by atoms with Gasteiger partial charge in [-0.05, 0) is 19.8 Å². The third-order valence-electron chi connectivity index (χ3n) is 1.63. The summed E-state index contributed by atoms with van der Waals surface area (Å²) in [6.45, 7) is 10.6. The fourth-order valence-corrected chi connectivity index (χ4v) is 0.806. The van der Waals surface area contributed by atoms with Crippen molar-refractivity contribution in [1.82, 2.24) is 5.32 Å². The number of nitrogens with one attached hydrogen (secondary N) is 1. The first kappa shape index (κ1) is 12.5. The molecule has 76 valence electrons. The lowest BCUT2D eigenvalue weighted by Gasteiger charge is -2.19. The van der Waals surface area contributed by atoms with Crippen molar-refractivity contribution in [3.8, 4) is 12.3 Å². The van der Waals surface area contributed by atoms with Gasteiger partial charge < -0.3 is 4.74 Å². The van der Waals surface area contributed by atoms with Gasteiger partial charge in [-0.1, -0.05) is 19.8 Å². The van der Waals surface area contributed by atoms with Crippen molar-refractivity contribution in [2.45, 2.75) is 33.2 Å². The average molecular weight is 183 g/mol. The van der Waals surface area contributed by atoms with Crippen molar-refractivity contribution < 1.29 is 4.74 Å². The van der Waals surface area contributed by atoms with E-state index in [1.165, 1.54) is 0 Å². The minimum Gasteiger partial charge on any atom is -0.380 e. The normalized spacial score (nSPS) is 11.7. The van der Waals surface area contributed by atoms with Crippen LogP contribution in [-0.2, 0) is 4.74 Å². The minimum atomic E-state index is -0.221. The van der Waals surface area contributed by atoms with Crippen LogP contribution in [0.1, 0.15) is 27.7 Å². The second kappa shape index (κ2) is 6.01. The highest BCUT2D eigenvalue weighted by Gasteiger charge is 2.10. The lowest BCUT2D eigenvalue weighted by Crippen LogP contribution is -2.39. The topological polar surface area (TPSA) is 21.3 Å². The fourth-order valence-electron chi connectivity index (χ4n) is 0.806. The van der Waals surface area contributed by atoms with Crippen molar-refractivity contribution in [2.75, 3.05) is 19.8 Å². The molecule has 2 heteroatoms. The maximum absolute atomic E-state index is 5.40. The van der Waals surface area contributed by atoms with Crippen LogP contribution < -0.4 is 5.32 Å². The molecule has 0 spiro atoms. The van der Waals surface area contributed by atoms with Crippen LogP contribution in [0.4, 0.5) is 0 Å². The van der Waals surface area contributed by atoms with Crippen molar-refractivity contribution in [3.05, 3.63) is 0 Å². The predicted octanol–water partition coefficient (Wildman–Crippen LogP) is 1.66. The van der Waals surface area contributed by atoms with E-state index < -0.39 is 0 Å². The molecule has 0 aliphatic carbocycles. The Morgan fingerprint density at radius 2 is 2.08 bits per heavy atom. The van der Waals surface area contributed by atoms with Gasteiger partial charge in [0.25, 0.3) is 0 Å². The summed E-state index contributed by atoms with van der Waals surface area (Å²) in [7, 11) is 0. The van der Waals surface area contributed by atoms with Gasteiger partial charge in [0.15, 0.2) is 0 Å². The molecule has 0 unspecified atom stereocenters. The van der Waals surface area contributed by atoms with Gasteiger partial charge in [0.1, 0.15) is 0 Å². The van der Waals surface area contributed by atoms with Crippen LogP contribution in [0.3, 0.4) is 0 Å². The van der Waals surface area contributed by atoms with Gasteiger partial charge in [-0.25, -0.2) is 0 Å². The van der Waals surface area contributed by atoms with E-state index in [0.717, 1.165) is 19.8 Å². The van der Waals surface area contributed by atoms with Crippen LogP contribution in [0.5, 0.6) is 0 Å². The maximum atomic E-state index is 5.40. The Hall–Kier alpha value is -0.520. The van der Waals surface area contributed by atoms with Crippen LogP contribution in [0.2, 0.25) is 0 Å². The van der Waals surface area contributed by atoms with E-state index in [9.17, 15) is 0 Å². The highest BCUT2D eigenvalue weighted by molar-refractivity contribution is 5.07. The van der Waals surface area contributed by atoms with Crippen molar-refractivity contribution in [2.24, 2.45) is 5.92 Å². The smallest absolute Gasteiger partial charge is 0.0742 e. The molecule has 0 heterocycles. The summed E-state index contributed by atoms with van der Waals surface area (Å²) in [5.41, 5.74) is -0.221. The molecule has 0 amide bonds. The third kappa shape index (κ3) is 7.83. The summed E-state index contributed by atoms with van der Waals surface area (Å²) in [6, 6.07) is 0. The summed E-state index contributed by atoms with van der Waals surface area (Å²) in [5.74, 6) is 3.27. The summed E-state index contributed by atoms with van der Waals surface area (Å²) in [5, 5.41) is 3.22. The molecule has 0 aromatic carbocycles. The first-order valence-corrected chi connectivity index (χ1v) is 4.78. The van der Waals surface area contributed by atoms with Gasteiger partial charge >= 0.3 is 0 Å². The standard InChI is InChI=1S/C11H21NO/c1-6-11(4,5)12-7-8-13-9-10(2)3/h1,10,12H,7-9H2,2-5H3. The van der Waals surface area contributed by atoms with E-state index in [-0.39, 0.29) is 5.54 Å². The Labute approximate surface area is 82.1 Å². The van der Waals surface area contributed by atoms with E-state index in [4.69, 9.17) is 11.2 Å². The zero-order valence-corrected chi connectivity index (χ0v) is 9.18. The van der Waals surface area contributed by atoms with E-state index in [1.54, 1.807) is 0 Å². The van der Waals surface area contributed by atoms with E-state index >= 15 is 0 Å². The Morgan fingerprint density at radius 3 is 2.54 bits per heavy atom. The molecule has 0 atom stereocenters. The van der Waals surface area contributed by atoms with Crippen LogP contribution in [0.25, 0.3) is 0 Å². The third-order valence-corrected chi connectivity index (χ3v) is 1.63. The molecule has 0 aliphatic rings. The SMILES string of the molecule is C#CC(C)(C)NCCOCC(C)C. The molecule has 1 N–H and O–H groups in total. The zero-order valence-electron chi connectivity index (χ0n) is 9.18. The molecule has 0 aromatic heterocycles. The molecular formula is C11H21NO. The van der Waals surface area contributed by atoms with Crippen LogP contribution >= 0.6 is 0 Å². The maximum Gasteiger partial charge on any atom is 0.0742 e. The monoisotopic (exact) mass is 183 g/mol. The Balaban J connectivity index is 3.32. The fraction of sp³-hybridized carbons (Fsp3) is 0.818. The molecule has 0 radical (unpaired) electrons. The van der Waals surface area contributed by atoms with Crippen LogP contribution in [-0.4, -0.2) is 25.3 Å². The molecule has 13 heavy (non-hydrogen) atoms. The van der Waals surface area contributed by atoms with E-state index in [0.29, 0.717) is 5.92 Å². The molecule has 0 bridgehead atoms. The van der Waals surface area contributed by atoms with Crippen molar-refractivity contribution in [1.29, 1.82) is 0 Å². The van der Waals surface area contributed by atoms with E-state index in [2.05, 4.69) is 25.1 Å². The Morgan fingerprint density at radius 1 is 1.46 bits per heavy atom. The largest absolute Gasteiger partial charge is 0.380 e. The van der Waals surface area contributed by atoms with Gasteiger partial charge in [0, 0.05) is 13.2 Å². The van der Waals surface area contributed by atoms with Crippen molar-refractivity contribution >= 4 is 0 Å². The molecule has 0 fully saturated rings. The average Bonchev–Trinajstić information content (AvgIpc) is 2.03. The summed E-state index contributed by atoms with van der Waals surface area (Å²) in [6.07, 6.45) is 5.32. The predicted molar refractivity (Wildman–Crippen MR) is 56.6 cm³/mol. The number of hydrogen-bond acceptors (Lipinski definition) is 2. The quantitative estimate of drug-likeness (QED) is 0.499.